The van der Waals surface area contributed by atoms with Gasteiger partial charge in [-0.05, 0) is 25.3 Å². The van der Waals surface area contributed by atoms with E-state index in [4.69, 9.17) is 5.73 Å². The Morgan fingerprint density at radius 2 is 1.82 bits per heavy atom. The van der Waals surface area contributed by atoms with Gasteiger partial charge in [0.05, 0.1) is 6.61 Å². The van der Waals surface area contributed by atoms with Crippen LogP contribution in [0.2, 0.25) is 0 Å². The van der Waals surface area contributed by atoms with Gasteiger partial charge in [-0.3, -0.25) is 4.90 Å². The summed E-state index contributed by atoms with van der Waals surface area (Å²) in [6, 6.07) is 0.834. The highest BCUT2D eigenvalue weighted by Crippen LogP contribution is 2.25. The molecule has 0 aliphatic heterocycles. The molecule has 0 aromatic heterocycles. The molecular formula is C14H30N2O. The quantitative estimate of drug-likeness (QED) is 0.749. The molecule has 0 bridgehead atoms. The van der Waals surface area contributed by atoms with Crippen LogP contribution in [0.15, 0.2) is 0 Å². The average molecular weight is 242 g/mol. The van der Waals surface area contributed by atoms with E-state index < -0.39 is 0 Å². The van der Waals surface area contributed by atoms with Crippen LogP contribution in [-0.4, -0.2) is 41.3 Å². The van der Waals surface area contributed by atoms with E-state index in [1.807, 2.05) is 0 Å². The Kier molecular flexibility index (Phi) is 6.45. The van der Waals surface area contributed by atoms with Crippen LogP contribution < -0.4 is 5.73 Å². The van der Waals surface area contributed by atoms with Crippen LogP contribution >= 0.6 is 0 Å². The Balaban J connectivity index is 2.67. The molecule has 1 aliphatic carbocycles. The number of rotatable bonds is 6. The summed E-state index contributed by atoms with van der Waals surface area (Å²) >= 11 is 0. The minimum Gasteiger partial charge on any atom is -0.395 e. The van der Waals surface area contributed by atoms with Crippen molar-refractivity contribution in [3.8, 4) is 0 Å². The lowest BCUT2D eigenvalue weighted by atomic mass is 9.90. The minimum absolute atomic E-state index is 0.0712. The highest BCUT2D eigenvalue weighted by molar-refractivity contribution is 4.88. The van der Waals surface area contributed by atoms with Gasteiger partial charge in [0.25, 0.3) is 0 Å². The molecular weight excluding hydrogens is 212 g/mol. The third-order valence-electron chi connectivity index (χ3n) is 4.24. The van der Waals surface area contributed by atoms with E-state index in [1.165, 1.54) is 32.1 Å². The molecule has 1 rings (SSSR count). The number of nitrogens with zero attached hydrogens (tertiary/aromatic N) is 1. The molecule has 2 atom stereocenters. The lowest BCUT2D eigenvalue weighted by Gasteiger charge is -2.42. The summed E-state index contributed by atoms with van der Waals surface area (Å²) in [5, 5.41) is 9.66. The van der Waals surface area contributed by atoms with Crippen LogP contribution in [0.5, 0.6) is 0 Å². The van der Waals surface area contributed by atoms with E-state index in [-0.39, 0.29) is 18.7 Å². The molecule has 0 spiro atoms. The van der Waals surface area contributed by atoms with Gasteiger partial charge in [-0.1, -0.05) is 40.0 Å². The maximum atomic E-state index is 9.66. The first kappa shape index (κ1) is 14.9. The summed E-state index contributed by atoms with van der Waals surface area (Å²) in [5.41, 5.74) is 6.25. The summed E-state index contributed by atoms with van der Waals surface area (Å²) < 4.78 is 0. The molecule has 0 saturated heterocycles. The Morgan fingerprint density at radius 1 is 1.24 bits per heavy atom. The lowest BCUT2D eigenvalue weighted by molar-refractivity contribution is 0.0463. The summed E-state index contributed by atoms with van der Waals surface area (Å²) in [7, 11) is 0. The smallest absolute Gasteiger partial charge is 0.0602 e. The topological polar surface area (TPSA) is 49.5 Å². The number of aliphatic hydroxyl groups excluding tert-OH is 1. The summed E-state index contributed by atoms with van der Waals surface area (Å²) in [5.74, 6) is 0.421. The molecule has 1 saturated carbocycles. The fourth-order valence-corrected chi connectivity index (χ4v) is 3.07. The molecule has 0 aromatic rings. The highest BCUT2D eigenvalue weighted by Gasteiger charge is 2.30. The molecule has 3 nitrogen and oxygen atoms in total. The number of likely N-dealkylation sites (N-methyl/N-ethyl adjacent to an activating group) is 1. The molecule has 3 heteroatoms. The van der Waals surface area contributed by atoms with Gasteiger partial charge < -0.3 is 10.8 Å². The van der Waals surface area contributed by atoms with E-state index >= 15 is 0 Å². The van der Waals surface area contributed by atoms with Crippen molar-refractivity contribution in [1.29, 1.82) is 0 Å². The monoisotopic (exact) mass is 242 g/mol. The first-order valence-electron chi connectivity index (χ1n) is 7.24. The Labute approximate surface area is 106 Å². The van der Waals surface area contributed by atoms with Gasteiger partial charge in [0.1, 0.15) is 0 Å². The Hall–Kier alpha value is -0.120. The molecule has 2 unspecified atom stereocenters. The maximum absolute atomic E-state index is 9.66. The Bertz CT molecular complexity index is 202. The molecule has 3 N–H and O–H groups in total. The van der Waals surface area contributed by atoms with Crippen molar-refractivity contribution in [2.75, 3.05) is 13.2 Å². The molecule has 0 radical (unpaired) electrons. The van der Waals surface area contributed by atoms with Crippen LogP contribution in [-0.2, 0) is 0 Å². The van der Waals surface area contributed by atoms with Gasteiger partial charge >= 0.3 is 0 Å². The minimum atomic E-state index is 0.0712. The molecule has 0 heterocycles. The normalized spacial score (nSPS) is 22.1. The summed E-state index contributed by atoms with van der Waals surface area (Å²) in [6.07, 6.45) is 6.57. The third-order valence-corrected chi connectivity index (χ3v) is 4.24. The zero-order valence-corrected chi connectivity index (χ0v) is 11.7. The summed E-state index contributed by atoms with van der Waals surface area (Å²) in [6.45, 7) is 7.65. The van der Waals surface area contributed by atoms with E-state index in [0.29, 0.717) is 12.0 Å². The largest absolute Gasteiger partial charge is 0.395 e. The third kappa shape index (κ3) is 3.94. The van der Waals surface area contributed by atoms with E-state index in [0.717, 1.165) is 6.54 Å². The van der Waals surface area contributed by atoms with Crippen LogP contribution in [0, 0.1) is 5.92 Å². The van der Waals surface area contributed by atoms with Gasteiger partial charge in [-0.25, -0.2) is 0 Å². The number of hydrogen-bond donors (Lipinski definition) is 2. The van der Waals surface area contributed by atoms with Crippen molar-refractivity contribution in [1.82, 2.24) is 4.90 Å². The predicted molar refractivity (Wildman–Crippen MR) is 72.9 cm³/mol. The van der Waals surface area contributed by atoms with E-state index in [9.17, 15) is 5.11 Å². The first-order valence-corrected chi connectivity index (χ1v) is 7.24. The SMILES string of the molecule is CCN(C1CCCCC1)C(CO)C(N)C(C)C. The number of nitrogens with two attached hydrogens (primary N) is 1. The van der Waals surface area contributed by atoms with Crippen LogP contribution in [0.4, 0.5) is 0 Å². The zero-order chi connectivity index (χ0) is 12.8. The van der Waals surface area contributed by atoms with Gasteiger partial charge in [-0.2, -0.15) is 0 Å². The molecule has 0 aromatic carbocycles. The Morgan fingerprint density at radius 3 is 2.24 bits per heavy atom. The van der Waals surface area contributed by atoms with Crippen molar-refractivity contribution in [3.63, 3.8) is 0 Å². The molecule has 0 amide bonds. The molecule has 17 heavy (non-hydrogen) atoms. The van der Waals surface area contributed by atoms with Crippen molar-refractivity contribution < 1.29 is 5.11 Å². The van der Waals surface area contributed by atoms with Gasteiger partial charge in [-0.15, -0.1) is 0 Å². The van der Waals surface area contributed by atoms with Crippen molar-refractivity contribution in [3.05, 3.63) is 0 Å². The highest BCUT2D eigenvalue weighted by atomic mass is 16.3. The van der Waals surface area contributed by atoms with E-state index in [1.54, 1.807) is 0 Å². The summed E-state index contributed by atoms with van der Waals surface area (Å²) in [4.78, 5) is 2.45. The van der Waals surface area contributed by atoms with Crippen LogP contribution in [0.3, 0.4) is 0 Å². The second-order valence-corrected chi connectivity index (χ2v) is 5.69. The lowest BCUT2D eigenvalue weighted by Crippen LogP contribution is -2.56. The fourth-order valence-electron chi connectivity index (χ4n) is 3.07. The predicted octanol–water partition coefficient (Wildman–Crippen LogP) is 1.99. The van der Waals surface area contributed by atoms with Gasteiger partial charge in [0.15, 0.2) is 0 Å². The van der Waals surface area contributed by atoms with Crippen LogP contribution in [0.1, 0.15) is 52.9 Å². The second kappa shape index (κ2) is 7.34. The number of aliphatic hydroxyl groups is 1. The van der Waals surface area contributed by atoms with Crippen LogP contribution in [0.25, 0.3) is 0 Å². The molecule has 1 aliphatic rings. The molecule has 1 fully saturated rings. The van der Waals surface area contributed by atoms with Gasteiger partial charge in [0.2, 0.25) is 0 Å². The van der Waals surface area contributed by atoms with Crippen molar-refractivity contribution in [2.24, 2.45) is 11.7 Å². The van der Waals surface area contributed by atoms with Crippen molar-refractivity contribution in [2.45, 2.75) is 71.0 Å². The van der Waals surface area contributed by atoms with Crippen molar-refractivity contribution >= 4 is 0 Å². The average Bonchev–Trinajstić information content (AvgIpc) is 2.35. The molecule has 102 valence electrons. The van der Waals surface area contributed by atoms with E-state index in [2.05, 4.69) is 25.7 Å². The fraction of sp³-hybridized carbons (Fsp3) is 1.00. The first-order chi connectivity index (χ1) is 8.11. The number of hydrogen-bond acceptors (Lipinski definition) is 3. The standard InChI is InChI=1S/C14H30N2O/c1-4-16(12-8-6-5-7-9-12)13(10-17)14(15)11(2)3/h11-14,17H,4-10,15H2,1-3H3. The maximum Gasteiger partial charge on any atom is 0.0602 e. The van der Waals surface area contributed by atoms with Gasteiger partial charge in [0, 0.05) is 18.1 Å². The zero-order valence-electron chi connectivity index (χ0n) is 11.7. The second-order valence-electron chi connectivity index (χ2n) is 5.69.